The van der Waals surface area contributed by atoms with Crippen LogP contribution < -0.4 is 20.1 Å². The van der Waals surface area contributed by atoms with Gasteiger partial charge in [-0.1, -0.05) is 6.07 Å². The van der Waals surface area contributed by atoms with E-state index in [-0.39, 0.29) is 30.0 Å². The summed E-state index contributed by atoms with van der Waals surface area (Å²) >= 11 is 0. The van der Waals surface area contributed by atoms with Crippen molar-refractivity contribution in [2.24, 2.45) is 12.0 Å². The van der Waals surface area contributed by atoms with Gasteiger partial charge >= 0.3 is 0 Å². The fraction of sp³-hybridized carbons (Fsp3) is 0.500. The minimum atomic E-state index is 0. The number of guanidine groups is 1. The van der Waals surface area contributed by atoms with Crippen LogP contribution >= 0.6 is 24.0 Å². The zero-order valence-electron chi connectivity index (χ0n) is 17.2. The number of ether oxygens (including phenoxy) is 2. The normalized spacial score (nSPS) is 13.8. The monoisotopic (exact) mass is 499 g/mol. The lowest BCUT2D eigenvalue weighted by Crippen LogP contribution is -2.43. The molecule has 7 nitrogen and oxygen atoms in total. The van der Waals surface area contributed by atoms with Crippen LogP contribution in [0.4, 0.5) is 0 Å². The van der Waals surface area contributed by atoms with Crippen molar-refractivity contribution < 1.29 is 9.47 Å². The molecular weight excluding hydrogens is 469 g/mol. The zero-order valence-corrected chi connectivity index (χ0v) is 19.5. The number of halogens is 1. The van der Waals surface area contributed by atoms with E-state index >= 15 is 0 Å². The lowest BCUT2D eigenvalue weighted by atomic mass is 10.1. The first-order chi connectivity index (χ1) is 13.0. The number of aliphatic imine (C=N–C) groups is 1. The van der Waals surface area contributed by atoms with E-state index in [9.17, 15) is 0 Å². The third-order valence-corrected chi connectivity index (χ3v) is 4.92. The Hall–Kier alpha value is -1.97. The molecule has 154 valence electrons. The van der Waals surface area contributed by atoms with Gasteiger partial charge in [0, 0.05) is 32.4 Å². The Balaban J connectivity index is 0.00000280. The molecule has 1 atom stereocenters. The van der Waals surface area contributed by atoms with E-state index in [1.807, 2.05) is 23.9 Å². The topological polar surface area (TPSA) is 72.7 Å². The number of nitrogens with one attached hydrogen (secondary N) is 2. The fourth-order valence-corrected chi connectivity index (χ4v) is 3.32. The highest BCUT2D eigenvalue weighted by Gasteiger charge is 2.15. The van der Waals surface area contributed by atoms with E-state index in [0.29, 0.717) is 6.79 Å². The molecule has 3 rings (SSSR count). The van der Waals surface area contributed by atoms with Gasteiger partial charge in [0.05, 0.1) is 5.69 Å². The van der Waals surface area contributed by atoms with Crippen LogP contribution in [-0.4, -0.2) is 42.2 Å². The molecule has 1 aliphatic rings. The fourth-order valence-electron chi connectivity index (χ4n) is 3.32. The summed E-state index contributed by atoms with van der Waals surface area (Å²) in [6, 6.07) is 6.33. The Morgan fingerprint density at radius 1 is 1.29 bits per heavy atom. The standard InChI is InChI=1S/C20H29N5O2.HI/c1-13(10-17-14(2)24-25(5)15(17)3)23-20(21-4)22-9-8-16-6-7-18-19(11-16)27-12-26-18;/h6-7,11,13H,8-10,12H2,1-5H3,(H2,21,22,23);1H. The molecule has 28 heavy (non-hydrogen) atoms. The third-order valence-electron chi connectivity index (χ3n) is 4.92. The molecule has 0 aliphatic carbocycles. The van der Waals surface area contributed by atoms with Gasteiger partial charge in [-0.15, -0.1) is 24.0 Å². The Labute approximate surface area is 183 Å². The maximum atomic E-state index is 5.43. The lowest BCUT2D eigenvalue weighted by Gasteiger charge is -2.18. The van der Waals surface area contributed by atoms with Crippen molar-refractivity contribution in [2.75, 3.05) is 20.4 Å². The van der Waals surface area contributed by atoms with Crippen molar-refractivity contribution in [3.63, 3.8) is 0 Å². The van der Waals surface area contributed by atoms with Crippen molar-refractivity contribution in [1.29, 1.82) is 0 Å². The molecule has 2 aromatic rings. The van der Waals surface area contributed by atoms with Crippen molar-refractivity contribution in [3.8, 4) is 11.5 Å². The van der Waals surface area contributed by atoms with Crippen LogP contribution in [0.3, 0.4) is 0 Å². The first-order valence-corrected chi connectivity index (χ1v) is 9.32. The second-order valence-corrected chi connectivity index (χ2v) is 6.96. The van der Waals surface area contributed by atoms with Crippen LogP contribution in [0.2, 0.25) is 0 Å². The number of hydrogen-bond donors (Lipinski definition) is 2. The number of benzene rings is 1. The summed E-state index contributed by atoms with van der Waals surface area (Å²) in [5, 5.41) is 11.3. The van der Waals surface area contributed by atoms with E-state index in [1.165, 1.54) is 16.8 Å². The Morgan fingerprint density at radius 2 is 2.04 bits per heavy atom. The molecule has 0 radical (unpaired) electrons. The minimum absolute atomic E-state index is 0. The van der Waals surface area contributed by atoms with Gasteiger partial charge in [-0.3, -0.25) is 9.67 Å². The van der Waals surface area contributed by atoms with Crippen LogP contribution in [0, 0.1) is 13.8 Å². The number of nitrogens with zero attached hydrogens (tertiary/aromatic N) is 3. The maximum absolute atomic E-state index is 5.43. The molecule has 0 amide bonds. The summed E-state index contributed by atoms with van der Waals surface area (Å²) in [5.41, 5.74) is 4.81. The van der Waals surface area contributed by atoms with E-state index < -0.39 is 0 Å². The SMILES string of the molecule is CN=C(NCCc1ccc2c(c1)OCO2)NC(C)Cc1c(C)nn(C)c1C.I. The van der Waals surface area contributed by atoms with Crippen LogP contribution in [0.5, 0.6) is 11.5 Å². The quantitative estimate of drug-likeness (QED) is 0.364. The highest BCUT2D eigenvalue weighted by atomic mass is 127. The Bertz CT molecular complexity index is 834. The van der Waals surface area contributed by atoms with E-state index in [0.717, 1.165) is 42.5 Å². The van der Waals surface area contributed by atoms with Gasteiger partial charge in [0.15, 0.2) is 17.5 Å². The van der Waals surface area contributed by atoms with Crippen molar-refractivity contribution in [1.82, 2.24) is 20.4 Å². The molecule has 1 aromatic carbocycles. The third kappa shape index (κ3) is 5.30. The van der Waals surface area contributed by atoms with Crippen LogP contribution in [0.15, 0.2) is 23.2 Å². The number of rotatable bonds is 6. The maximum Gasteiger partial charge on any atom is 0.231 e. The second kappa shape index (κ2) is 9.99. The smallest absolute Gasteiger partial charge is 0.231 e. The van der Waals surface area contributed by atoms with Crippen molar-refractivity contribution >= 4 is 29.9 Å². The van der Waals surface area contributed by atoms with Gasteiger partial charge in [-0.25, -0.2) is 0 Å². The van der Waals surface area contributed by atoms with Crippen LogP contribution in [-0.2, 0) is 19.9 Å². The minimum Gasteiger partial charge on any atom is -0.454 e. The largest absolute Gasteiger partial charge is 0.454 e. The summed E-state index contributed by atoms with van der Waals surface area (Å²) in [7, 11) is 3.78. The molecule has 0 saturated heterocycles. The van der Waals surface area contributed by atoms with Gasteiger partial charge in [0.2, 0.25) is 6.79 Å². The van der Waals surface area contributed by atoms with Crippen molar-refractivity contribution in [2.45, 2.75) is 39.7 Å². The molecule has 0 fully saturated rings. The van der Waals surface area contributed by atoms with E-state index in [1.54, 1.807) is 7.05 Å². The van der Waals surface area contributed by atoms with E-state index in [4.69, 9.17) is 9.47 Å². The van der Waals surface area contributed by atoms with Gasteiger partial charge < -0.3 is 20.1 Å². The van der Waals surface area contributed by atoms with Gasteiger partial charge in [0.25, 0.3) is 0 Å². The van der Waals surface area contributed by atoms with Crippen LogP contribution in [0.1, 0.15) is 29.4 Å². The molecule has 8 heteroatoms. The first-order valence-electron chi connectivity index (χ1n) is 9.32. The average molecular weight is 499 g/mol. The Morgan fingerprint density at radius 3 is 2.71 bits per heavy atom. The van der Waals surface area contributed by atoms with Crippen LogP contribution in [0.25, 0.3) is 0 Å². The molecular formula is C20H30IN5O2. The summed E-state index contributed by atoms with van der Waals surface area (Å²) in [5.74, 6) is 2.45. The summed E-state index contributed by atoms with van der Waals surface area (Å²) in [6.07, 6.45) is 1.79. The summed E-state index contributed by atoms with van der Waals surface area (Å²) in [4.78, 5) is 4.34. The van der Waals surface area contributed by atoms with Crippen molar-refractivity contribution in [3.05, 3.63) is 40.7 Å². The number of aryl methyl sites for hydroxylation is 2. The number of fused-ring (bicyclic) bond motifs is 1. The molecule has 2 N–H and O–H groups in total. The van der Waals surface area contributed by atoms with Gasteiger partial charge in [-0.2, -0.15) is 5.10 Å². The molecule has 1 unspecified atom stereocenters. The first kappa shape index (κ1) is 22.3. The molecule has 2 heterocycles. The van der Waals surface area contributed by atoms with E-state index in [2.05, 4.69) is 47.6 Å². The molecule has 1 aromatic heterocycles. The predicted octanol–water partition coefficient (Wildman–Crippen LogP) is 2.72. The highest BCUT2D eigenvalue weighted by Crippen LogP contribution is 2.32. The summed E-state index contributed by atoms with van der Waals surface area (Å²) < 4.78 is 12.7. The second-order valence-electron chi connectivity index (χ2n) is 6.96. The molecule has 1 aliphatic heterocycles. The zero-order chi connectivity index (χ0) is 19.4. The molecule has 0 bridgehead atoms. The average Bonchev–Trinajstić information content (AvgIpc) is 3.20. The number of aromatic nitrogens is 2. The highest BCUT2D eigenvalue weighted by molar-refractivity contribution is 14.0. The lowest BCUT2D eigenvalue weighted by molar-refractivity contribution is 0.174. The summed E-state index contributed by atoms with van der Waals surface area (Å²) in [6.45, 7) is 7.43. The number of hydrogen-bond acceptors (Lipinski definition) is 4. The Kier molecular flexibility index (Phi) is 7.97. The van der Waals surface area contributed by atoms with Gasteiger partial charge in [-0.05, 0) is 56.9 Å². The van der Waals surface area contributed by atoms with Gasteiger partial charge in [0.1, 0.15) is 0 Å². The molecule has 0 spiro atoms. The molecule has 0 saturated carbocycles. The predicted molar refractivity (Wildman–Crippen MR) is 122 cm³/mol.